The van der Waals surface area contributed by atoms with Crippen LogP contribution in [0.3, 0.4) is 0 Å². The van der Waals surface area contributed by atoms with E-state index in [1.807, 2.05) is 0 Å². The lowest BCUT2D eigenvalue weighted by atomic mass is 9.82. The maximum atomic E-state index is 13.7. The number of ether oxygens (including phenoxy) is 1. The molecule has 1 heterocycles. The van der Waals surface area contributed by atoms with Crippen molar-refractivity contribution in [2.75, 3.05) is 6.54 Å². The van der Waals surface area contributed by atoms with E-state index in [-0.39, 0.29) is 6.54 Å². The SMILES string of the molecule is CC(C)(C)OC(=O)N1CCC(F)(F)C(=O)C12CCCC2. The summed E-state index contributed by atoms with van der Waals surface area (Å²) in [6.07, 6.45) is 0.694. The first-order chi connectivity index (χ1) is 9.08. The Labute approximate surface area is 117 Å². The monoisotopic (exact) mass is 289 g/mol. The topological polar surface area (TPSA) is 46.6 Å². The molecule has 6 heteroatoms. The van der Waals surface area contributed by atoms with Gasteiger partial charge in [-0.3, -0.25) is 9.69 Å². The Morgan fingerprint density at radius 3 is 2.25 bits per heavy atom. The number of piperidine rings is 1. The molecule has 1 aliphatic heterocycles. The largest absolute Gasteiger partial charge is 0.444 e. The average molecular weight is 289 g/mol. The molecule has 0 aromatic carbocycles. The maximum absolute atomic E-state index is 13.7. The highest BCUT2D eigenvalue weighted by Crippen LogP contribution is 2.45. The number of alkyl halides is 2. The van der Waals surface area contributed by atoms with E-state index in [1.165, 1.54) is 4.90 Å². The molecule has 2 rings (SSSR count). The molecule has 114 valence electrons. The van der Waals surface area contributed by atoms with Gasteiger partial charge >= 0.3 is 12.0 Å². The second-order valence-electron chi connectivity index (χ2n) is 6.65. The molecule has 0 atom stereocenters. The molecule has 1 amide bonds. The van der Waals surface area contributed by atoms with E-state index >= 15 is 0 Å². The summed E-state index contributed by atoms with van der Waals surface area (Å²) in [4.78, 5) is 25.6. The van der Waals surface area contributed by atoms with E-state index in [0.717, 1.165) is 0 Å². The van der Waals surface area contributed by atoms with Crippen molar-refractivity contribution < 1.29 is 23.1 Å². The fourth-order valence-corrected chi connectivity index (χ4v) is 3.08. The summed E-state index contributed by atoms with van der Waals surface area (Å²) < 4.78 is 32.8. The number of halogens is 2. The van der Waals surface area contributed by atoms with E-state index in [4.69, 9.17) is 4.74 Å². The highest BCUT2D eigenvalue weighted by Gasteiger charge is 2.61. The second-order valence-corrected chi connectivity index (χ2v) is 6.65. The summed E-state index contributed by atoms with van der Waals surface area (Å²) in [5, 5.41) is 0. The zero-order valence-electron chi connectivity index (χ0n) is 12.2. The Kier molecular flexibility index (Phi) is 3.55. The van der Waals surface area contributed by atoms with Gasteiger partial charge in [0.25, 0.3) is 0 Å². The third-order valence-corrected chi connectivity index (χ3v) is 3.97. The second kappa shape index (κ2) is 4.67. The molecule has 1 spiro atoms. The number of hydrogen-bond donors (Lipinski definition) is 0. The summed E-state index contributed by atoms with van der Waals surface area (Å²) in [6.45, 7) is 5.01. The minimum atomic E-state index is -3.33. The molecule has 0 N–H and O–H groups in total. The quantitative estimate of drug-likeness (QED) is 0.688. The Hall–Kier alpha value is -1.20. The summed E-state index contributed by atoms with van der Waals surface area (Å²) >= 11 is 0. The van der Waals surface area contributed by atoms with Gasteiger partial charge in [0, 0.05) is 13.0 Å². The maximum Gasteiger partial charge on any atom is 0.411 e. The standard InChI is InChI=1S/C14H21F2NO3/c1-12(2,3)20-11(19)17-9-8-14(15,16)10(18)13(17)6-4-5-7-13/h4-9H2,1-3H3. The molecule has 2 fully saturated rings. The van der Waals surface area contributed by atoms with Crippen LogP contribution in [0.15, 0.2) is 0 Å². The number of carbonyl (C=O) groups excluding carboxylic acids is 2. The highest BCUT2D eigenvalue weighted by molar-refractivity contribution is 5.98. The number of hydrogen-bond acceptors (Lipinski definition) is 3. The highest BCUT2D eigenvalue weighted by atomic mass is 19.3. The van der Waals surface area contributed by atoms with Crippen LogP contribution in [0.2, 0.25) is 0 Å². The van der Waals surface area contributed by atoms with Gasteiger partial charge in [0.15, 0.2) is 0 Å². The molecule has 2 aliphatic rings. The van der Waals surface area contributed by atoms with Crippen LogP contribution in [0.25, 0.3) is 0 Å². The number of likely N-dealkylation sites (tertiary alicyclic amines) is 1. The number of Topliss-reactive ketones (excluding diaryl/α,β-unsaturated/α-hetero) is 1. The fourth-order valence-electron chi connectivity index (χ4n) is 3.08. The van der Waals surface area contributed by atoms with Crippen molar-refractivity contribution in [3.05, 3.63) is 0 Å². The smallest absolute Gasteiger partial charge is 0.411 e. The van der Waals surface area contributed by atoms with Crippen molar-refractivity contribution in [1.82, 2.24) is 4.90 Å². The van der Waals surface area contributed by atoms with Crippen LogP contribution in [0, 0.1) is 0 Å². The third-order valence-electron chi connectivity index (χ3n) is 3.97. The first-order valence-electron chi connectivity index (χ1n) is 7.02. The van der Waals surface area contributed by atoms with Crippen LogP contribution in [-0.2, 0) is 9.53 Å². The zero-order valence-corrected chi connectivity index (χ0v) is 12.2. The lowest BCUT2D eigenvalue weighted by molar-refractivity contribution is -0.166. The summed E-state index contributed by atoms with van der Waals surface area (Å²) in [5.41, 5.74) is -2.07. The summed E-state index contributed by atoms with van der Waals surface area (Å²) in [7, 11) is 0. The minimum absolute atomic E-state index is 0.131. The molecule has 0 radical (unpaired) electrons. The van der Waals surface area contributed by atoms with Gasteiger partial charge in [-0.15, -0.1) is 0 Å². The van der Waals surface area contributed by atoms with Crippen molar-refractivity contribution in [1.29, 1.82) is 0 Å². The first kappa shape index (κ1) is 15.2. The zero-order chi connectivity index (χ0) is 15.2. The van der Waals surface area contributed by atoms with E-state index in [9.17, 15) is 18.4 Å². The average Bonchev–Trinajstić information content (AvgIpc) is 2.74. The lowest BCUT2D eigenvalue weighted by Crippen LogP contribution is -2.65. The molecule has 0 aromatic rings. The molecule has 0 unspecified atom stereocenters. The number of nitrogens with zero attached hydrogens (tertiary/aromatic N) is 1. The summed E-state index contributed by atoms with van der Waals surface area (Å²) in [5.74, 6) is -4.44. The minimum Gasteiger partial charge on any atom is -0.444 e. The van der Waals surface area contributed by atoms with Crippen LogP contribution in [-0.4, -0.2) is 40.4 Å². The van der Waals surface area contributed by atoms with Crippen LogP contribution in [0.5, 0.6) is 0 Å². The Bertz CT molecular complexity index is 423. The molecular weight excluding hydrogens is 268 g/mol. The van der Waals surface area contributed by atoms with Crippen molar-refractivity contribution in [3.8, 4) is 0 Å². The van der Waals surface area contributed by atoms with E-state index in [2.05, 4.69) is 0 Å². The van der Waals surface area contributed by atoms with Crippen LogP contribution in [0.1, 0.15) is 52.9 Å². The van der Waals surface area contributed by atoms with Crippen molar-refractivity contribution in [2.24, 2.45) is 0 Å². The van der Waals surface area contributed by atoms with Gasteiger partial charge in [-0.1, -0.05) is 12.8 Å². The fraction of sp³-hybridized carbons (Fsp3) is 0.857. The molecule has 1 aliphatic carbocycles. The van der Waals surface area contributed by atoms with E-state index < -0.39 is 35.4 Å². The van der Waals surface area contributed by atoms with E-state index in [1.54, 1.807) is 20.8 Å². The van der Waals surface area contributed by atoms with Crippen LogP contribution in [0.4, 0.5) is 13.6 Å². The molecular formula is C14H21F2NO3. The van der Waals surface area contributed by atoms with Crippen molar-refractivity contribution in [2.45, 2.75) is 69.9 Å². The van der Waals surface area contributed by atoms with Crippen LogP contribution < -0.4 is 0 Å². The van der Waals surface area contributed by atoms with Gasteiger partial charge in [0.1, 0.15) is 11.1 Å². The normalized spacial score (nSPS) is 25.1. The van der Waals surface area contributed by atoms with Crippen molar-refractivity contribution in [3.63, 3.8) is 0 Å². The van der Waals surface area contributed by atoms with Crippen LogP contribution >= 0.6 is 0 Å². The van der Waals surface area contributed by atoms with E-state index in [0.29, 0.717) is 25.7 Å². The predicted molar refractivity (Wildman–Crippen MR) is 68.7 cm³/mol. The third kappa shape index (κ3) is 2.52. The number of carbonyl (C=O) groups is 2. The predicted octanol–water partition coefficient (Wildman–Crippen LogP) is 3.14. The number of rotatable bonds is 0. The molecule has 0 aromatic heterocycles. The molecule has 0 bridgehead atoms. The summed E-state index contributed by atoms with van der Waals surface area (Å²) in [6, 6.07) is 0. The molecule has 1 saturated heterocycles. The Morgan fingerprint density at radius 1 is 1.20 bits per heavy atom. The number of ketones is 1. The Morgan fingerprint density at radius 2 is 1.75 bits per heavy atom. The molecule has 1 saturated carbocycles. The first-order valence-corrected chi connectivity index (χ1v) is 7.02. The molecule has 20 heavy (non-hydrogen) atoms. The lowest BCUT2D eigenvalue weighted by Gasteiger charge is -2.45. The van der Waals surface area contributed by atoms with Gasteiger partial charge in [-0.25, -0.2) is 4.79 Å². The van der Waals surface area contributed by atoms with Gasteiger partial charge < -0.3 is 4.74 Å². The number of amides is 1. The van der Waals surface area contributed by atoms with Gasteiger partial charge in [0.2, 0.25) is 5.78 Å². The molecule has 4 nitrogen and oxygen atoms in total. The van der Waals surface area contributed by atoms with Gasteiger partial charge in [-0.2, -0.15) is 8.78 Å². The Balaban J connectivity index is 2.28. The van der Waals surface area contributed by atoms with Crippen molar-refractivity contribution >= 4 is 11.9 Å². The van der Waals surface area contributed by atoms with Gasteiger partial charge in [-0.05, 0) is 33.6 Å². The van der Waals surface area contributed by atoms with Gasteiger partial charge in [0.05, 0.1) is 0 Å².